The second-order valence-corrected chi connectivity index (χ2v) is 8.46. The summed E-state index contributed by atoms with van der Waals surface area (Å²) in [7, 11) is -4.16. The number of esters is 1. The Morgan fingerprint density at radius 3 is 2.39 bits per heavy atom. The molecule has 0 aliphatic carbocycles. The van der Waals surface area contributed by atoms with Gasteiger partial charge in [0.15, 0.2) is 0 Å². The zero-order valence-corrected chi connectivity index (χ0v) is 17.2. The quantitative estimate of drug-likeness (QED) is 0.277. The third-order valence-corrected chi connectivity index (χ3v) is 6.42. The monoisotopic (exact) mass is 424 g/mol. The predicted octanol–water partition coefficient (Wildman–Crippen LogP) is 3.38. The lowest BCUT2D eigenvalue weighted by Gasteiger charge is -2.25. The highest BCUT2D eigenvalue weighted by molar-refractivity contribution is 7.98. The van der Waals surface area contributed by atoms with Crippen molar-refractivity contribution < 1.29 is 22.9 Å². The van der Waals surface area contributed by atoms with Crippen molar-refractivity contribution in [1.82, 2.24) is 0 Å². The molecular weight excluding hydrogens is 404 g/mol. The van der Waals surface area contributed by atoms with Crippen LogP contribution in [0, 0.1) is 17.0 Å². The van der Waals surface area contributed by atoms with Gasteiger partial charge in [0.2, 0.25) is 0 Å². The maximum atomic E-state index is 13.2. The smallest absolute Gasteiger partial charge is 0.326 e. The maximum absolute atomic E-state index is 13.2. The molecule has 150 valence electrons. The van der Waals surface area contributed by atoms with Crippen LogP contribution >= 0.6 is 11.8 Å². The van der Waals surface area contributed by atoms with Gasteiger partial charge in [0, 0.05) is 17.0 Å². The average molecular weight is 425 g/mol. The first-order valence-corrected chi connectivity index (χ1v) is 10.9. The molecule has 2 aromatic rings. The molecule has 0 bridgehead atoms. The molecule has 2 rings (SSSR count). The summed E-state index contributed by atoms with van der Waals surface area (Å²) in [4.78, 5) is 23.4. The molecule has 0 aliphatic rings. The molecule has 8 nitrogen and oxygen atoms in total. The van der Waals surface area contributed by atoms with E-state index >= 15 is 0 Å². The molecule has 0 heterocycles. The lowest BCUT2D eigenvalue weighted by molar-refractivity contribution is -0.384. The first kappa shape index (κ1) is 21.7. The van der Waals surface area contributed by atoms with Gasteiger partial charge in [-0.25, -0.2) is 8.42 Å². The van der Waals surface area contributed by atoms with Gasteiger partial charge in [-0.3, -0.25) is 19.2 Å². The molecule has 0 N–H and O–H groups in total. The molecular formula is C18H20N2O6S2. The summed E-state index contributed by atoms with van der Waals surface area (Å²) in [6.45, 7) is 2.71. The number of benzene rings is 2. The second-order valence-electron chi connectivity index (χ2n) is 5.72. The van der Waals surface area contributed by atoms with Crippen molar-refractivity contribution in [3.8, 4) is 0 Å². The lowest BCUT2D eigenvalue weighted by Crippen LogP contribution is -2.37. The molecule has 0 spiro atoms. The SMILES string of the molecule is CCOC(=O)CN(c1cc([N+](=O)[O-])ccc1C)S(=O)(=O)c1ccc(SC)cc1. The van der Waals surface area contributed by atoms with E-state index in [1.54, 1.807) is 26.0 Å². The molecule has 0 atom stereocenters. The minimum atomic E-state index is -4.16. The average Bonchev–Trinajstić information content (AvgIpc) is 2.66. The van der Waals surface area contributed by atoms with E-state index in [1.807, 2.05) is 6.26 Å². The third kappa shape index (κ3) is 4.82. The minimum absolute atomic E-state index is 0.0273. The predicted molar refractivity (Wildman–Crippen MR) is 107 cm³/mol. The van der Waals surface area contributed by atoms with E-state index in [0.717, 1.165) is 15.3 Å². The number of nitro benzene ring substituents is 1. The molecule has 0 aliphatic heterocycles. The Labute approximate surface area is 167 Å². The van der Waals surface area contributed by atoms with E-state index in [1.165, 1.54) is 36.0 Å². The van der Waals surface area contributed by atoms with Gasteiger partial charge >= 0.3 is 5.97 Å². The van der Waals surface area contributed by atoms with E-state index in [9.17, 15) is 23.3 Å². The highest BCUT2D eigenvalue weighted by Gasteiger charge is 2.30. The summed E-state index contributed by atoms with van der Waals surface area (Å²) in [6, 6.07) is 10.0. The number of aryl methyl sites for hydroxylation is 1. The van der Waals surface area contributed by atoms with Crippen molar-refractivity contribution in [2.75, 3.05) is 23.7 Å². The third-order valence-electron chi connectivity index (χ3n) is 3.90. The maximum Gasteiger partial charge on any atom is 0.326 e. The molecule has 0 amide bonds. The fourth-order valence-electron chi connectivity index (χ4n) is 2.48. The van der Waals surface area contributed by atoms with Crippen LogP contribution in [0.2, 0.25) is 0 Å². The van der Waals surface area contributed by atoms with Crippen molar-refractivity contribution in [2.24, 2.45) is 0 Å². The summed E-state index contributed by atoms with van der Waals surface area (Å²) in [5, 5.41) is 11.1. The van der Waals surface area contributed by atoms with E-state index in [0.29, 0.717) is 5.56 Å². The normalized spacial score (nSPS) is 11.1. The number of nitrogens with zero attached hydrogens (tertiary/aromatic N) is 2. The first-order valence-electron chi connectivity index (χ1n) is 8.28. The summed E-state index contributed by atoms with van der Waals surface area (Å²) in [5.74, 6) is -0.752. The van der Waals surface area contributed by atoms with Crippen LogP contribution in [0.1, 0.15) is 12.5 Å². The second kappa shape index (κ2) is 9.07. The zero-order chi connectivity index (χ0) is 20.9. The number of thioether (sulfide) groups is 1. The summed E-state index contributed by atoms with van der Waals surface area (Å²) >= 11 is 1.46. The Balaban J connectivity index is 2.60. The number of anilines is 1. The molecule has 10 heteroatoms. The Hall–Kier alpha value is -2.59. The highest BCUT2D eigenvalue weighted by atomic mass is 32.2. The number of rotatable bonds is 8. The van der Waals surface area contributed by atoms with Crippen molar-refractivity contribution in [1.29, 1.82) is 0 Å². The Morgan fingerprint density at radius 2 is 1.86 bits per heavy atom. The number of carbonyl (C=O) groups excluding carboxylic acids is 1. The van der Waals surface area contributed by atoms with Crippen molar-refractivity contribution >= 4 is 39.1 Å². The minimum Gasteiger partial charge on any atom is -0.465 e. The number of sulfonamides is 1. The van der Waals surface area contributed by atoms with E-state index in [2.05, 4.69) is 0 Å². The largest absolute Gasteiger partial charge is 0.465 e. The Kier molecular flexibility index (Phi) is 7.03. The number of nitro groups is 1. The van der Waals surface area contributed by atoms with Crippen LogP contribution < -0.4 is 4.31 Å². The van der Waals surface area contributed by atoms with Gasteiger partial charge in [-0.1, -0.05) is 6.07 Å². The van der Waals surface area contributed by atoms with Crippen LogP contribution in [-0.4, -0.2) is 38.7 Å². The van der Waals surface area contributed by atoms with Crippen molar-refractivity contribution in [3.63, 3.8) is 0 Å². The number of non-ortho nitro benzene ring substituents is 1. The molecule has 2 aromatic carbocycles. The van der Waals surface area contributed by atoms with Gasteiger partial charge in [-0.05, 0) is 49.9 Å². The Morgan fingerprint density at radius 1 is 1.21 bits per heavy atom. The number of ether oxygens (including phenoxy) is 1. The van der Waals surface area contributed by atoms with Gasteiger partial charge < -0.3 is 4.74 Å². The summed E-state index contributed by atoms with van der Waals surface area (Å²) < 4.78 is 32.2. The van der Waals surface area contributed by atoms with Gasteiger partial charge in [-0.15, -0.1) is 11.8 Å². The molecule has 0 radical (unpaired) electrons. The summed E-state index contributed by atoms with van der Waals surface area (Å²) in [6.07, 6.45) is 1.86. The molecule has 0 aromatic heterocycles. The van der Waals surface area contributed by atoms with Crippen LogP contribution in [0.25, 0.3) is 0 Å². The van der Waals surface area contributed by atoms with E-state index < -0.39 is 27.5 Å². The molecule has 0 saturated carbocycles. The Bertz CT molecular complexity index is 974. The van der Waals surface area contributed by atoms with Crippen LogP contribution in [0.15, 0.2) is 52.3 Å². The van der Waals surface area contributed by atoms with Crippen LogP contribution in [0.4, 0.5) is 11.4 Å². The standard InChI is InChI=1S/C18H20N2O6S2/c1-4-26-18(21)12-19(17-11-14(20(22)23)6-5-13(17)2)28(24,25)16-9-7-15(27-3)8-10-16/h5-11H,4,12H2,1-3H3. The zero-order valence-electron chi connectivity index (χ0n) is 15.6. The summed E-state index contributed by atoms with van der Waals surface area (Å²) in [5.41, 5.74) is 0.248. The van der Waals surface area contributed by atoms with Gasteiger partial charge in [0.05, 0.1) is 22.1 Å². The van der Waals surface area contributed by atoms with Crippen molar-refractivity contribution in [3.05, 3.63) is 58.1 Å². The fourth-order valence-corrected chi connectivity index (χ4v) is 4.35. The van der Waals surface area contributed by atoms with Crippen LogP contribution in [-0.2, 0) is 19.6 Å². The van der Waals surface area contributed by atoms with Gasteiger partial charge in [0.1, 0.15) is 6.54 Å². The van der Waals surface area contributed by atoms with Crippen LogP contribution in [0.3, 0.4) is 0 Å². The first-order chi connectivity index (χ1) is 13.2. The lowest BCUT2D eigenvalue weighted by atomic mass is 10.2. The fraction of sp³-hybridized carbons (Fsp3) is 0.278. The van der Waals surface area contributed by atoms with Gasteiger partial charge in [-0.2, -0.15) is 0 Å². The molecule has 28 heavy (non-hydrogen) atoms. The number of carbonyl (C=O) groups is 1. The van der Waals surface area contributed by atoms with Crippen molar-refractivity contribution in [2.45, 2.75) is 23.6 Å². The molecule has 0 fully saturated rings. The number of hydrogen-bond donors (Lipinski definition) is 0. The molecule has 0 saturated heterocycles. The topological polar surface area (TPSA) is 107 Å². The number of hydrogen-bond acceptors (Lipinski definition) is 7. The highest BCUT2D eigenvalue weighted by Crippen LogP contribution is 2.31. The molecule has 0 unspecified atom stereocenters. The van der Waals surface area contributed by atoms with E-state index in [-0.39, 0.29) is 22.9 Å². The van der Waals surface area contributed by atoms with E-state index in [4.69, 9.17) is 4.74 Å². The van der Waals surface area contributed by atoms with Gasteiger partial charge in [0.25, 0.3) is 15.7 Å². The van der Waals surface area contributed by atoms with Crippen LogP contribution in [0.5, 0.6) is 0 Å².